The molecule has 1 atom stereocenters. The maximum absolute atomic E-state index is 12.7. The third-order valence-corrected chi connectivity index (χ3v) is 5.21. The number of carboxylic acid groups (broad SMARTS) is 2. The van der Waals surface area contributed by atoms with Gasteiger partial charge in [0.15, 0.2) is 5.78 Å². The summed E-state index contributed by atoms with van der Waals surface area (Å²) in [6.45, 7) is 8.37. The van der Waals surface area contributed by atoms with Crippen LogP contribution in [0.3, 0.4) is 0 Å². The fraction of sp³-hybridized carbons (Fsp3) is 0.423. The number of ether oxygens (including phenoxy) is 1. The first-order valence-electron chi connectivity index (χ1n) is 11.0. The molecule has 0 radical (unpaired) electrons. The van der Waals surface area contributed by atoms with E-state index in [2.05, 4.69) is 31.2 Å². The molecular formula is C26H35NO7. The van der Waals surface area contributed by atoms with Gasteiger partial charge in [0.05, 0.1) is 25.4 Å². The molecule has 5 N–H and O–H groups in total. The molecule has 0 heterocycles. The minimum Gasteiger partial charge on any atom is -0.473 e. The van der Waals surface area contributed by atoms with Gasteiger partial charge in [0.2, 0.25) is 0 Å². The van der Waals surface area contributed by atoms with Gasteiger partial charge in [0.25, 0.3) is 0 Å². The van der Waals surface area contributed by atoms with Gasteiger partial charge in [-0.1, -0.05) is 35.9 Å². The molecule has 0 spiro atoms. The third kappa shape index (κ3) is 10.2. The predicted octanol–water partition coefficient (Wildman–Crippen LogP) is 3.20. The number of carbonyl (C=O) groups is 3. The van der Waals surface area contributed by atoms with Crippen molar-refractivity contribution in [3.05, 3.63) is 69.8 Å². The minimum atomic E-state index is -1.82. The number of aliphatic hydroxyl groups excluding tert-OH is 1. The number of aliphatic hydroxyl groups is 1. The van der Waals surface area contributed by atoms with E-state index in [1.54, 1.807) is 6.92 Å². The number of aryl methyl sites for hydroxylation is 4. The number of carboxylic acids is 2. The summed E-state index contributed by atoms with van der Waals surface area (Å²) in [5.41, 5.74) is 11.5. The Labute approximate surface area is 200 Å². The van der Waals surface area contributed by atoms with E-state index in [4.69, 9.17) is 30.3 Å². The van der Waals surface area contributed by atoms with Crippen molar-refractivity contribution in [2.45, 2.75) is 59.1 Å². The molecule has 8 nitrogen and oxygen atoms in total. The number of hydrogen-bond donors (Lipinski definition) is 4. The first-order chi connectivity index (χ1) is 15.9. The summed E-state index contributed by atoms with van der Waals surface area (Å²) < 4.78 is 5.66. The predicted molar refractivity (Wildman–Crippen MR) is 129 cm³/mol. The maximum Gasteiger partial charge on any atom is 0.414 e. The molecule has 2 aromatic carbocycles. The minimum absolute atomic E-state index is 0.124. The molecular weight excluding hydrogens is 438 g/mol. The summed E-state index contributed by atoms with van der Waals surface area (Å²) in [5, 5.41) is 24.0. The van der Waals surface area contributed by atoms with Crippen LogP contribution in [0.2, 0.25) is 0 Å². The highest BCUT2D eigenvalue weighted by Crippen LogP contribution is 2.20. The molecule has 8 heteroatoms. The molecule has 0 saturated heterocycles. The Kier molecular flexibility index (Phi) is 11.6. The van der Waals surface area contributed by atoms with Crippen LogP contribution in [0.4, 0.5) is 0 Å². The van der Waals surface area contributed by atoms with Crippen molar-refractivity contribution >= 4 is 17.7 Å². The third-order valence-electron chi connectivity index (χ3n) is 5.21. The normalized spacial score (nSPS) is 12.3. The average molecular weight is 474 g/mol. The second-order valence-electron chi connectivity index (χ2n) is 8.77. The van der Waals surface area contributed by atoms with Gasteiger partial charge < -0.3 is 25.8 Å². The second-order valence-corrected chi connectivity index (χ2v) is 8.77. The van der Waals surface area contributed by atoms with Gasteiger partial charge in [-0.25, -0.2) is 9.59 Å². The second kappa shape index (κ2) is 13.6. The number of hydrogen-bond acceptors (Lipinski definition) is 6. The van der Waals surface area contributed by atoms with Gasteiger partial charge in [0.1, 0.15) is 0 Å². The Balaban J connectivity index is 0.000000852. The van der Waals surface area contributed by atoms with Gasteiger partial charge in [0, 0.05) is 12.0 Å². The molecule has 0 fully saturated rings. The topological polar surface area (TPSA) is 147 Å². The number of aliphatic carboxylic acids is 2. The highest BCUT2D eigenvalue weighted by atomic mass is 16.5. The smallest absolute Gasteiger partial charge is 0.414 e. The lowest BCUT2D eigenvalue weighted by Crippen LogP contribution is -2.44. The van der Waals surface area contributed by atoms with Gasteiger partial charge in [-0.3, -0.25) is 4.79 Å². The summed E-state index contributed by atoms with van der Waals surface area (Å²) in [5.74, 6) is -3.46. The van der Waals surface area contributed by atoms with Gasteiger partial charge in [-0.15, -0.1) is 0 Å². The highest BCUT2D eigenvalue weighted by molar-refractivity contribution is 6.27. The SMILES string of the molecule is Cc1ccc(CCCC(=O)c2cc(C)c(COC[C@@](C)(N)CO)cc2C)cc1.O=C(O)C(=O)O. The molecule has 0 bridgehead atoms. The Morgan fingerprint density at radius 3 is 2.09 bits per heavy atom. The largest absolute Gasteiger partial charge is 0.473 e. The lowest BCUT2D eigenvalue weighted by atomic mass is 9.95. The molecule has 0 unspecified atom stereocenters. The Bertz CT molecular complexity index is 969. The zero-order valence-corrected chi connectivity index (χ0v) is 20.3. The van der Waals surface area contributed by atoms with Crippen LogP contribution in [0, 0.1) is 20.8 Å². The maximum atomic E-state index is 12.7. The van der Waals surface area contributed by atoms with Crippen molar-refractivity contribution in [1.82, 2.24) is 0 Å². The van der Waals surface area contributed by atoms with Crippen LogP contribution in [0.25, 0.3) is 0 Å². The Morgan fingerprint density at radius 2 is 1.56 bits per heavy atom. The van der Waals surface area contributed by atoms with E-state index in [1.165, 1.54) is 11.1 Å². The number of ketones is 1. The standard InChI is InChI=1S/C24H33NO3.C2H2O4/c1-17-8-10-20(11-9-17)6-5-7-23(27)22-13-18(2)21(12-19(22)3)14-28-16-24(4,25)15-26;3-1(4)2(5)6/h8-13,26H,5-7,14-16,25H2,1-4H3;(H,3,4)(H,5,6)/t24-;/m0./s1. The van der Waals surface area contributed by atoms with Crippen molar-refractivity contribution in [2.75, 3.05) is 13.2 Å². The Hall–Kier alpha value is -3.07. The zero-order chi connectivity index (χ0) is 25.9. The first-order valence-corrected chi connectivity index (χ1v) is 11.0. The highest BCUT2D eigenvalue weighted by Gasteiger charge is 2.18. The van der Waals surface area contributed by atoms with Crippen LogP contribution in [0.5, 0.6) is 0 Å². The quantitative estimate of drug-likeness (QED) is 0.304. The number of nitrogens with two attached hydrogens (primary N) is 1. The van der Waals surface area contributed by atoms with E-state index in [0.29, 0.717) is 13.0 Å². The molecule has 0 aliphatic rings. The van der Waals surface area contributed by atoms with E-state index in [0.717, 1.165) is 35.1 Å². The average Bonchev–Trinajstić information content (AvgIpc) is 2.77. The summed E-state index contributed by atoms with van der Waals surface area (Å²) in [7, 11) is 0. The molecule has 0 aliphatic carbocycles. The molecule has 2 aromatic rings. The van der Waals surface area contributed by atoms with Gasteiger partial charge >= 0.3 is 11.9 Å². The monoisotopic (exact) mass is 473 g/mol. The van der Waals surface area contributed by atoms with Crippen LogP contribution in [-0.2, 0) is 27.4 Å². The van der Waals surface area contributed by atoms with E-state index < -0.39 is 17.5 Å². The zero-order valence-electron chi connectivity index (χ0n) is 20.3. The molecule has 0 saturated carbocycles. The van der Waals surface area contributed by atoms with E-state index in [1.807, 2.05) is 26.0 Å². The fourth-order valence-electron chi connectivity index (χ4n) is 3.11. The van der Waals surface area contributed by atoms with Crippen molar-refractivity contribution in [3.63, 3.8) is 0 Å². The van der Waals surface area contributed by atoms with Crippen LogP contribution in [0.15, 0.2) is 36.4 Å². The number of carbonyl (C=O) groups excluding carboxylic acids is 1. The number of rotatable bonds is 10. The summed E-state index contributed by atoms with van der Waals surface area (Å²) >= 11 is 0. The lowest BCUT2D eigenvalue weighted by Gasteiger charge is -2.21. The lowest BCUT2D eigenvalue weighted by molar-refractivity contribution is -0.159. The van der Waals surface area contributed by atoms with Crippen molar-refractivity contribution < 1.29 is 34.4 Å². The molecule has 34 heavy (non-hydrogen) atoms. The van der Waals surface area contributed by atoms with E-state index in [-0.39, 0.29) is 19.0 Å². The van der Waals surface area contributed by atoms with E-state index in [9.17, 15) is 9.90 Å². The van der Waals surface area contributed by atoms with Crippen LogP contribution in [0.1, 0.15) is 57.9 Å². The van der Waals surface area contributed by atoms with Crippen molar-refractivity contribution in [2.24, 2.45) is 5.73 Å². The molecule has 0 aromatic heterocycles. The number of benzene rings is 2. The fourth-order valence-corrected chi connectivity index (χ4v) is 3.11. The molecule has 0 amide bonds. The van der Waals surface area contributed by atoms with Crippen molar-refractivity contribution in [3.8, 4) is 0 Å². The summed E-state index contributed by atoms with van der Waals surface area (Å²) in [6.07, 6.45) is 2.31. The Morgan fingerprint density at radius 1 is 0.971 bits per heavy atom. The molecule has 0 aliphatic heterocycles. The van der Waals surface area contributed by atoms with E-state index >= 15 is 0 Å². The van der Waals surface area contributed by atoms with Crippen LogP contribution >= 0.6 is 0 Å². The number of Topliss-reactive ketones (excluding diaryl/α,β-unsaturated/α-hetero) is 1. The van der Waals surface area contributed by atoms with Gasteiger partial charge in [-0.2, -0.15) is 0 Å². The van der Waals surface area contributed by atoms with Crippen molar-refractivity contribution in [1.29, 1.82) is 0 Å². The van der Waals surface area contributed by atoms with Gasteiger partial charge in [-0.05, 0) is 68.9 Å². The summed E-state index contributed by atoms with van der Waals surface area (Å²) in [4.78, 5) is 30.9. The van der Waals surface area contributed by atoms with Crippen LogP contribution < -0.4 is 5.73 Å². The first kappa shape index (κ1) is 29.0. The molecule has 2 rings (SSSR count). The molecule has 186 valence electrons. The van der Waals surface area contributed by atoms with Crippen LogP contribution in [-0.4, -0.2) is 51.8 Å². The summed E-state index contributed by atoms with van der Waals surface area (Å²) in [6, 6.07) is 12.5.